The second kappa shape index (κ2) is 9.59. The maximum absolute atomic E-state index is 12.6. The lowest BCUT2D eigenvalue weighted by molar-refractivity contribution is -0.123. The number of sulfonamides is 1. The topological polar surface area (TPSA) is 84.5 Å². The first-order valence-corrected chi connectivity index (χ1v) is 12.6. The second-order valence-corrected chi connectivity index (χ2v) is 10.3. The number of amides is 1. The highest BCUT2D eigenvalue weighted by molar-refractivity contribution is 7.89. The van der Waals surface area contributed by atoms with Gasteiger partial charge in [-0.2, -0.15) is 0 Å². The first-order chi connectivity index (χ1) is 14.9. The zero-order valence-electron chi connectivity index (χ0n) is 17.3. The Kier molecular flexibility index (Phi) is 6.84. The van der Waals surface area contributed by atoms with Gasteiger partial charge in [-0.05, 0) is 61.4 Å². The smallest absolute Gasteiger partial charge is 0.258 e. The molecule has 1 saturated carbocycles. The summed E-state index contributed by atoms with van der Waals surface area (Å²) >= 11 is 6.25. The molecule has 1 fully saturated rings. The number of ether oxygens (including phenoxy) is 1. The lowest BCUT2D eigenvalue weighted by Crippen LogP contribution is -2.34. The van der Waals surface area contributed by atoms with Crippen molar-refractivity contribution in [2.24, 2.45) is 0 Å². The van der Waals surface area contributed by atoms with Gasteiger partial charge >= 0.3 is 0 Å². The molecule has 166 valence electrons. The summed E-state index contributed by atoms with van der Waals surface area (Å²) in [7, 11) is -3.63. The van der Waals surface area contributed by atoms with Gasteiger partial charge in [0, 0.05) is 6.04 Å². The molecule has 1 unspecified atom stereocenters. The van der Waals surface area contributed by atoms with E-state index in [0.29, 0.717) is 0 Å². The fourth-order valence-corrected chi connectivity index (χ4v) is 6.01. The predicted molar refractivity (Wildman–Crippen MR) is 120 cm³/mol. The van der Waals surface area contributed by atoms with Crippen LogP contribution in [-0.2, 0) is 21.2 Å². The van der Waals surface area contributed by atoms with Crippen LogP contribution in [0.25, 0.3) is 0 Å². The molecule has 0 bridgehead atoms. The Hall–Kier alpha value is -2.09. The third-order valence-corrected chi connectivity index (χ3v) is 7.77. The fourth-order valence-electron chi connectivity index (χ4n) is 4.38. The van der Waals surface area contributed by atoms with Gasteiger partial charge in [0.1, 0.15) is 5.75 Å². The average Bonchev–Trinajstić information content (AvgIpc) is 3.25. The van der Waals surface area contributed by atoms with Gasteiger partial charge in [-0.15, -0.1) is 0 Å². The molecular weight excluding hydrogens is 436 g/mol. The molecule has 0 spiro atoms. The Labute approximate surface area is 188 Å². The van der Waals surface area contributed by atoms with Crippen molar-refractivity contribution in [2.45, 2.75) is 61.9 Å². The van der Waals surface area contributed by atoms with E-state index in [1.165, 1.54) is 23.8 Å². The summed E-state index contributed by atoms with van der Waals surface area (Å²) in [6, 6.07) is 12.4. The number of halogens is 1. The Bertz CT molecular complexity index is 1050. The largest absolute Gasteiger partial charge is 0.482 e. The molecule has 31 heavy (non-hydrogen) atoms. The standard InChI is InChI=1S/C23H27ClN2O4S/c24-20-14-18(31(28,29)26-17-8-2-3-9-17)12-13-22(20)30-15-23(27)25-21-11-5-7-16-6-1-4-10-19(16)21/h1,4,6,10,12-14,17,21,26H,2-3,5,7-9,11,15H2,(H,25,27). The molecule has 1 amide bonds. The summed E-state index contributed by atoms with van der Waals surface area (Å²) in [6.07, 6.45) is 6.73. The first kappa shape index (κ1) is 22.1. The number of rotatable bonds is 7. The summed E-state index contributed by atoms with van der Waals surface area (Å²) in [5.41, 5.74) is 2.43. The van der Waals surface area contributed by atoms with Crippen molar-refractivity contribution >= 4 is 27.5 Å². The molecule has 2 aromatic carbocycles. The number of benzene rings is 2. The molecule has 0 aliphatic heterocycles. The van der Waals surface area contributed by atoms with Gasteiger partial charge < -0.3 is 10.1 Å². The SMILES string of the molecule is O=C(COc1ccc(S(=O)(=O)NC2CCCC2)cc1Cl)NC1CCCc2ccccc21. The van der Waals surface area contributed by atoms with Crippen LogP contribution in [0.2, 0.25) is 5.02 Å². The highest BCUT2D eigenvalue weighted by Gasteiger charge is 2.24. The highest BCUT2D eigenvalue weighted by atomic mass is 35.5. The number of aryl methyl sites for hydroxylation is 1. The molecule has 2 aromatic rings. The molecule has 0 saturated heterocycles. The van der Waals surface area contributed by atoms with E-state index in [0.717, 1.165) is 50.5 Å². The van der Waals surface area contributed by atoms with E-state index in [4.69, 9.17) is 16.3 Å². The molecule has 4 rings (SSSR count). The Balaban J connectivity index is 1.35. The van der Waals surface area contributed by atoms with Gasteiger partial charge in [-0.3, -0.25) is 4.79 Å². The normalized spacial score (nSPS) is 19.1. The van der Waals surface area contributed by atoms with Crippen LogP contribution in [0.3, 0.4) is 0 Å². The number of carbonyl (C=O) groups is 1. The lowest BCUT2D eigenvalue weighted by atomic mass is 9.88. The summed E-state index contributed by atoms with van der Waals surface area (Å²) in [5.74, 6) is 0.0399. The number of nitrogens with one attached hydrogen (secondary N) is 2. The summed E-state index contributed by atoms with van der Waals surface area (Å²) in [6.45, 7) is -0.190. The van der Waals surface area contributed by atoms with Crippen molar-refractivity contribution in [1.29, 1.82) is 0 Å². The van der Waals surface area contributed by atoms with Gasteiger partial charge in [0.15, 0.2) is 6.61 Å². The van der Waals surface area contributed by atoms with Crippen molar-refractivity contribution in [1.82, 2.24) is 10.0 Å². The molecule has 2 aliphatic rings. The maximum atomic E-state index is 12.6. The molecule has 8 heteroatoms. The zero-order chi connectivity index (χ0) is 21.8. The van der Waals surface area contributed by atoms with Crippen LogP contribution in [0.4, 0.5) is 0 Å². The van der Waals surface area contributed by atoms with Crippen LogP contribution in [0, 0.1) is 0 Å². The van der Waals surface area contributed by atoms with Crippen molar-refractivity contribution in [3.8, 4) is 5.75 Å². The van der Waals surface area contributed by atoms with Crippen LogP contribution < -0.4 is 14.8 Å². The molecule has 2 aliphatic carbocycles. The monoisotopic (exact) mass is 462 g/mol. The van der Waals surface area contributed by atoms with Crippen LogP contribution in [0.5, 0.6) is 5.75 Å². The quantitative estimate of drug-likeness (QED) is 0.647. The van der Waals surface area contributed by atoms with Crippen LogP contribution >= 0.6 is 11.6 Å². The number of carbonyl (C=O) groups excluding carboxylic acids is 1. The highest BCUT2D eigenvalue weighted by Crippen LogP contribution is 2.30. The Morgan fingerprint density at radius 2 is 1.84 bits per heavy atom. The molecular formula is C23H27ClN2O4S. The van der Waals surface area contributed by atoms with Crippen molar-refractivity contribution < 1.29 is 17.9 Å². The first-order valence-electron chi connectivity index (χ1n) is 10.7. The summed E-state index contributed by atoms with van der Waals surface area (Å²) < 4.78 is 33.4. The third kappa shape index (κ3) is 5.40. The lowest BCUT2D eigenvalue weighted by Gasteiger charge is -2.26. The van der Waals surface area contributed by atoms with Crippen LogP contribution in [-0.4, -0.2) is 27.0 Å². The molecule has 2 N–H and O–H groups in total. The molecule has 0 aromatic heterocycles. The second-order valence-electron chi connectivity index (χ2n) is 8.19. The predicted octanol–water partition coefficient (Wildman–Crippen LogP) is 4.13. The minimum Gasteiger partial charge on any atom is -0.482 e. The Morgan fingerprint density at radius 1 is 1.06 bits per heavy atom. The van der Waals surface area contributed by atoms with Gasteiger partial charge in [-0.25, -0.2) is 13.1 Å². The van der Waals surface area contributed by atoms with Crippen molar-refractivity contribution in [3.63, 3.8) is 0 Å². The van der Waals surface area contributed by atoms with Gasteiger partial charge in [0.2, 0.25) is 10.0 Å². The van der Waals surface area contributed by atoms with Crippen molar-refractivity contribution in [2.75, 3.05) is 6.61 Å². The van der Waals surface area contributed by atoms with Crippen LogP contribution in [0.15, 0.2) is 47.4 Å². The number of hydrogen-bond donors (Lipinski definition) is 2. The number of fused-ring (bicyclic) bond motifs is 1. The van der Waals surface area contributed by atoms with Gasteiger partial charge in [0.05, 0.1) is 16.0 Å². The molecule has 1 atom stereocenters. The van der Waals surface area contributed by atoms with E-state index >= 15 is 0 Å². The van der Waals surface area contributed by atoms with E-state index in [1.807, 2.05) is 12.1 Å². The minimum atomic E-state index is -3.63. The van der Waals surface area contributed by atoms with E-state index in [2.05, 4.69) is 22.2 Å². The van der Waals surface area contributed by atoms with Gasteiger partial charge in [0.25, 0.3) is 5.91 Å². The average molecular weight is 463 g/mol. The summed E-state index contributed by atoms with van der Waals surface area (Å²) in [5, 5.41) is 3.19. The zero-order valence-corrected chi connectivity index (χ0v) is 18.8. The van der Waals surface area contributed by atoms with E-state index in [9.17, 15) is 13.2 Å². The van der Waals surface area contributed by atoms with Crippen LogP contribution in [0.1, 0.15) is 55.7 Å². The number of hydrogen-bond acceptors (Lipinski definition) is 4. The fraction of sp³-hybridized carbons (Fsp3) is 0.435. The van der Waals surface area contributed by atoms with E-state index in [1.54, 1.807) is 0 Å². The van der Waals surface area contributed by atoms with E-state index < -0.39 is 10.0 Å². The maximum Gasteiger partial charge on any atom is 0.258 e. The minimum absolute atomic E-state index is 0.0201. The molecule has 0 heterocycles. The molecule has 6 nitrogen and oxygen atoms in total. The molecule has 0 radical (unpaired) electrons. The van der Waals surface area contributed by atoms with Gasteiger partial charge in [-0.1, -0.05) is 48.7 Å². The van der Waals surface area contributed by atoms with E-state index in [-0.39, 0.29) is 40.3 Å². The summed E-state index contributed by atoms with van der Waals surface area (Å²) in [4.78, 5) is 12.5. The van der Waals surface area contributed by atoms with Crippen molar-refractivity contribution in [3.05, 3.63) is 58.6 Å². The Morgan fingerprint density at radius 3 is 2.61 bits per heavy atom. The third-order valence-electron chi connectivity index (χ3n) is 5.95.